The third kappa shape index (κ3) is 4.59. The number of carboxylic acid groups (broad SMARTS) is 1. The summed E-state index contributed by atoms with van der Waals surface area (Å²) >= 11 is 0. The maximum Gasteiger partial charge on any atom is 0.326 e. The van der Waals surface area contributed by atoms with Gasteiger partial charge in [-0.05, 0) is 17.7 Å². The molecule has 0 heterocycles. The Bertz CT molecular complexity index is 444. The van der Waals surface area contributed by atoms with Crippen molar-refractivity contribution in [3.8, 4) is 5.75 Å². The molecule has 19 heavy (non-hydrogen) atoms. The molecule has 0 radical (unpaired) electrons. The van der Waals surface area contributed by atoms with Gasteiger partial charge in [0.05, 0.1) is 0 Å². The van der Waals surface area contributed by atoms with Gasteiger partial charge in [-0.1, -0.05) is 19.1 Å². The molecular weight excluding hydrogens is 248 g/mol. The van der Waals surface area contributed by atoms with Crippen LogP contribution in [0.25, 0.3) is 0 Å². The van der Waals surface area contributed by atoms with E-state index in [-0.39, 0.29) is 24.6 Å². The number of nitrogens with one attached hydrogen (secondary N) is 1. The van der Waals surface area contributed by atoms with Crippen LogP contribution in [0.5, 0.6) is 5.75 Å². The van der Waals surface area contributed by atoms with E-state index in [1.54, 1.807) is 19.1 Å². The molecule has 1 unspecified atom stereocenters. The van der Waals surface area contributed by atoms with Gasteiger partial charge in [-0.25, -0.2) is 4.79 Å². The second-order valence-corrected chi connectivity index (χ2v) is 4.41. The molecule has 0 aliphatic heterocycles. The number of aliphatic carboxylic acids is 1. The van der Waals surface area contributed by atoms with Crippen LogP contribution < -0.4 is 11.1 Å². The summed E-state index contributed by atoms with van der Waals surface area (Å²) in [5.74, 6) is -1.81. The molecule has 0 aromatic heterocycles. The van der Waals surface area contributed by atoms with Crippen LogP contribution in [-0.4, -0.2) is 34.7 Å². The van der Waals surface area contributed by atoms with Gasteiger partial charge in [0.25, 0.3) is 0 Å². The van der Waals surface area contributed by atoms with Crippen molar-refractivity contribution >= 4 is 11.9 Å². The number of hydrogen-bond acceptors (Lipinski definition) is 4. The second-order valence-electron chi connectivity index (χ2n) is 4.41. The zero-order chi connectivity index (χ0) is 14.4. The van der Waals surface area contributed by atoms with Crippen molar-refractivity contribution in [3.63, 3.8) is 0 Å². The van der Waals surface area contributed by atoms with Crippen molar-refractivity contribution in [2.24, 2.45) is 11.7 Å². The highest BCUT2D eigenvalue weighted by atomic mass is 16.4. The van der Waals surface area contributed by atoms with E-state index < -0.39 is 17.9 Å². The summed E-state index contributed by atoms with van der Waals surface area (Å²) in [6, 6.07) is 5.16. The van der Waals surface area contributed by atoms with Gasteiger partial charge >= 0.3 is 5.97 Å². The molecule has 0 aliphatic rings. The van der Waals surface area contributed by atoms with Crippen LogP contribution in [0.3, 0.4) is 0 Å². The van der Waals surface area contributed by atoms with Crippen LogP contribution in [0.4, 0.5) is 0 Å². The predicted molar refractivity (Wildman–Crippen MR) is 69.6 cm³/mol. The quantitative estimate of drug-likeness (QED) is 0.583. The molecule has 0 aliphatic carbocycles. The lowest BCUT2D eigenvalue weighted by Gasteiger charge is -2.17. The summed E-state index contributed by atoms with van der Waals surface area (Å²) in [4.78, 5) is 22.8. The molecule has 0 fully saturated rings. The Morgan fingerprint density at radius 2 is 1.89 bits per heavy atom. The predicted octanol–water partition coefficient (Wildman–Crippen LogP) is 0.0989. The first-order valence-corrected chi connectivity index (χ1v) is 5.95. The summed E-state index contributed by atoms with van der Waals surface area (Å²) < 4.78 is 0. The van der Waals surface area contributed by atoms with Gasteiger partial charge in [-0.2, -0.15) is 0 Å². The molecule has 2 atom stereocenters. The van der Waals surface area contributed by atoms with Crippen molar-refractivity contribution < 1.29 is 19.8 Å². The van der Waals surface area contributed by atoms with Gasteiger partial charge in [0.1, 0.15) is 11.8 Å². The van der Waals surface area contributed by atoms with Gasteiger partial charge in [-0.15, -0.1) is 0 Å². The molecule has 5 N–H and O–H groups in total. The van der Waals surface area contributed by atoms with E-state index in [0.717, 1.165) is 0 Å². The number of nitrogens with two attached hydrogens (primary N) is 1. The number of carboxylic acids is 1. The Balaban J connectivity index is 2.71. The number of rotatable bonds is 6. The Kier molecular flexibility index (Phi) is 5.32. The van der Waals surface area contributed by atoms with Crippen LogP contribution in [0.1, 0.15) is 12.5 Å². The molecule has 1 aromatic rings. The minimum Gasteiger partial charge on any atom is -0.508 e. The fraction of sp³-hybridized carbons (Fsp3) is 0.385. The highest BCUT2D eigenvalue weighted by Crippen LogP contribution is 2.11. The van der Waals surface area contributed by atoms with Crippen molar-refractivity contribution in [1.29, 1.82) is 0 Å². The number of hydrogen-bond donors (Lipinski definition) is 4. The molecule has 0 saturated carbocycles. The summed E-state index contributed by atoms with van der Waals surface area (Å²) in [5, 5.41) is 20.7. The van der Waals surface area contributed by atoms with Gasteiger partial charge in [0, 0.05) is 18.9 Å². The van der Waals surface area contributed by atoms with Crippen LogP contribution >= 0.6 is 0 Å². The number of amides is 1. The molecule has 0 saturated heterocycles. The van der Waals surface area contributed by atoms with Crippen molar-refractivity contribution in [2.45, 2.75) is 19.4 Å². The van der Waals surface area contributed by atoms with E-state index in [4.69, 9.17) is 15.9 Å². The highest BCUT2D eigenvalue weighted by molar-refractivity contribution is 5.85. The topological polar surface area (TPSA) is 113 Å². The van der Waals surface area contributed by atoms with E-state index in [1.807, 2.05) is 0 Å². The van der Waals surface area contributed by atoms with Crippen molar-refractivity contribution in [2.75, 3.05) is 6.54 Å². The first kappa shape index (κ1) is 15.0. The number of carbonyl (C=O) groups excluding carboxylic acids is 1. The Morgan fingerprint density at radius 3 is 2.37 bits per heavy atom. The van der Waals surface area contributed by atoms with E-state index in [9.17, 15) is 9.59 Å². The number of phenols is 1. The Labute approximate surface area is 111 Å². The average molecular weight is 266 g/mol. The lowest BCUT2D eigenvalue weighted by molar-refractivity contribution is -0.142. The van der Waals surface area contributed by atoms with Gasteiger partial charge in [0.2, 0.25) is 5.91 Å². The monoisotopic (exact) mass is 266 g/mol. The summed E-state index contributed by atoms with van der Waals surface area (Å²) in [7, 11) is 0. The molecule has 6 nitrogen and oxygen atoms in total. The largest absolute Gasteiger partial charge is 0.508 e. The Hall–Kier alpha value is -2.08. The maximum absolute atomic E-state index is 11.6. The molecule has 1 rings (SSSR count). The fourth-order valence-electron chi connectivity index (χ4n) is 1.49. The van der Waals surface area contributed by atoms with Crippen molar-refractivity contribution in [1.82, 2.24) is 5.32 Å². The fourth-order valence-corrected chi connectivity index (χ4v) is 1.49. The Morgan fingerprint density at radius 1 is 1.32 bits per heavy atom. The van der Waals surface area contributed by atoms with Crippen LogP contribution in [-0.2, 0) is 16.0 Å². The SMILES string of the molecule is CC(CN)C(=O)N[C@H](Cc1ccc(O)cc1)C(=O)O. The first-order valence-electron chi connectivity index (χ1n) is 5.95. The molecule has 104 valence electrons. The van der Waals surface area contributed by atoms with E-state index >= 15 is 0 Å². The van der Waals surface area contributed by atoms with Crippen LogP contribution in [0.15, 0.2) is 24.3 Å². The molecule has 0 bridgehead atoms. The highest BCUT2D eigenvalue weighted by Gasteiger charge is 2.22. The van der Waals surface area contributed by atoms with E-state index in [0.29, 0.717) is 5.56 Å². The number of benzene rings is 1. The second kappa shape index (κ2) is 6.75. The molecule has 1 amide bonds. The lowest BCUT2D eigenvalue weighted by Crippen LogP contribution is -2.45. The summed E-state index contributed by atoms with van der Waals surface area (Å²) in [5.41, 5.74) is 6.07. The standard InChI is InChI=1S/C13H18N2O4/c1-8(7-14)12(17)15-11(13(18)19)6-9-2-4-10(16)5-3-9/h2-5,8,11,16H,6-7,14H2,1H3,(H,15,17)(H,18,19)/t8?,11-/m1/s1. The first-order chi connectivity index (χ1) is 8.93. The van der Waals surface area contributed by atoms with E-state index in [2.05, 4.69) is 5.32 Å². The van der Waals surface area contributed by atoms with Gasteiger partial charge < -0.3 is 21.3 Å². The minimum atomic E-state index is -1.11. The summed E-state index contributed by atoms with van der Waals surface area (Å²) in [6.07, 6.45) is 0.151. The molecule has 6 heteroatoms. The van der Waals surface area contributed by atoms with Crippen molar-refractivity contribution in [3.05, 3.63) is 29.8 Å². The zero-order valence-electron chi connectivity index (χ0n) is 10.7. The lowest BCUT2D eigenvalue weighted by atomic mass is 10.0. The molecular formula is C13H18N2O4. The van der Waals surface area contributed by atoms with E-state index in [1.165, 1.54) is 12.1 Å². The smallest absolute Gasteiger partial charge is 0.326 e. The zero-order valence-corrected chi connectivity index (χ0v) is 10.7. The van der Waals surface area contributed by atoms with Crippen LogP contribution in [0, 0.1) is 5.92 Å². The normalized spacial score (nSPS) is 13.6. The maximum atomic E-state index is 11.6. The number of aromatic hydroxyl groups is 1. The number of phenolic OH excluding ortho intramolecular Hbond substituents is 1. The molecule has 0 spiro atoms. The van der Waals surface area contributed by atoms with Crippen LogP contribution in [0.2, 0.25) is 0 Å². The van der Waals surface area contributed by atoms with Gasteiger partial charge in [-0.3, -0.25) is 4.79 Å². The minimum absolute atomic E-state index is 0.108. The molecule has 1 aromatic carbocycles. The summed E-state index contributed by atoms with van der Waals surface area (Å²) in [6.45, 7) is 1.80. The third-order valence-corrected chi connectivity index (χ3v) is 2.79. The average Bonchev–Trinajstić information content (AvgIpc) is 2.39. The van der Waals surface area contributed by atoms with Gasteiger partial charge in [0.15, 0.2) is 0 Å². The number of carbonyl (C=O) groups is 2. The third-order valence-electron chi connectivity index (χ3n) is 2.79.